The van der Waals surface area contributed by atoms with E-state index < -0.39 is 0 Å². The Morgan fingerprint density at radius 2 is 2.21 bits per heavy atom. The monoisotopic (exact) mass is 259 g/mol. The van der Waals surface area contributed by atoms with Crippen molar-refractivity contribution in [3.05, 3.63) is 29.3 Å². The summed E-state index contributed by atoms with van der Waals surface area (Å²) < 4.78 is 0. The van der Waals surface area contributed by atoms with Crippen molar-refractivity contribution in [2.45, 2.75) is 57.4 Å². The van der Waals surface area contributed by atoms with Crippen LogP contribution in [0.15, 0.2) is 18.2 Å². The number of rotatable bonds is 3. The molecule has 19 heavy (non-hydrogen) atoms. The molecule has 1 aliphatic carbocycles. The molecule has 2 nitrogen and oxygen atoms in total. The first kappa shape index (κ1) is 13.0. The van der Waals surface area contributed by atoms with Gasteiger partial charge in [-0.2, -0.15) is 0 Å². The molecule has 0 amide bonds. The molecule has 0 aromatic heterocycles. The largest absolute Gasteiger partial charge is 0.508 e. The van der Waals surface area contributed by atoms with Crippen LogP contribution in [0.1, 0.15) is 56.1 Å². The van der Waals surface area contributed by atoms with Crippen molar-refractivity contribution in [2.75, 3.05) is 13.1 Å². The highest BCUT2D eigenvalue weighted by molar-refractivity contribution is 5.40. The molecule has 1 aromatic rings. The molecule has 1 saturated heterocycles. The molecule has 0 saturated carbocycles. The first-order valence-electron chi connectivity index (χ1n) is 7.85. The molecule has 3 rings (SSSR count). The number of aryl methyl sites for hydroxylation is 1. The summed E-state index contributed by atoms with van der Waals surface area (Å²) in [5.74, 6) is 1.09. The molecule has 2 atom stereocenters. The van der Waals surface area contributed by atoms with E-state index in [4.69, 9.17) is 0 Å². The van der Waals surface area contributed by atoms with E-state index in [1.807, 2.05) is 12.1 Å². The third-order valence-corrected chi connectivity index (χ3v) is 4.93. The number of nitrogens with zero attached hydrogens (tertiary/aromatic N) is 1. The topological polar surface area (TPSA) is 23.5 Å². The second-order valence-corrected chi connectivity index (χ2v) is 6.13. The van der Waals surface area contributed by atoms with Crippen molar-refractivity contribution in [3.63, 3.8) is 0 Å². The fraction of sp³-hybridized carbons (Fsp3) is 0.647. The van der Waals surface area contributed by atoms with Crippen LogP contribution < -0.4 is 0 Å². The summed E-state index contributed by atoms with van der Waals surface area (Å²) in [6.45, 7) is 4.80. The minimum absolute atomic E-state index is 0.435. The lowest BCUT2D eigenvalue weighted by molar-refractivity contribution is 0.111. The number of phenolic OH excluding ortho intramolecular Hbond substituents is 1. The average molecular weight is 259 g/mol. The normalized spacial score (nSPS) is 26.8. The second kappa shape index (κ2) is 5.54. The molecule has 0 unspecified atom stereocenters. The summed E-state index contributed by atoms with van der Waals surface area (Å²) in [6, 6.07) is 6.72. The van der Waals surface area contributed by atoms with Crippen LogP contribution in [0.2, 0.25) is 0 Å². The average Bonchev–Trinajstić information content (AvgIpc) is 2.44. The van der Waals surface area contributed by atoms with Crippen molar-refractivity contribution >= 4 is 0 Å². The van der Waals surface area contributed by atoms with Gasteiger partial charge in [-0.05, 0) is 74.4 Å². The van der Waals surface area contributed by atoms with Crippen molar-refractivity contribution in [2.24, 2.45) is 0 Å². The zero-order valence-electron chi connectivity index (χ0n) is 11.9. The minimum Gasteiger partial charge on any atom is -0.508 e. The lowest BCUT2D eigenvalue weighted by Crippen LogP contribution is -2.46. The third kappa shape index (κ3) is 2.51. The van der Waals surface area contributed by atoms with Gasteiger partial charge in [0.2, 0.25) is 0 Å². The van der Waals surface area contributed by atoms with Gasteiger partial charge in [0.25, 0.3) is 0 Å². The van der Waals surface area contributed by atoms with Gasteiger partial charge in [0, 0.05) is 6.04 Å². The molecule has 2 heteroatoms. The quantitative estimate of drug-likeness (QED) is 0.895. The van der Waals surface area contributed by atoms with E-state index in [2.05, 4.69) is 17.9 Å². The number of aromatic hydroxyl groups is 1. The molecule has 2 aliphatic rings. The highest BCUT2D eigenvalue weighted by Gasteiger charge is 2.35. The second-order valence-electron chi connectivity index (χ2n) is 6.13. The van der Waals surface area contributed by atoms with Gasteiger partial charge in [-0.15, -0.1) is 0 Å². The zero-order chi connectivity index (χ0) is 13.2. The number of benzene rings is 1. The molecule has 0 bridgehead atoms. The molecular formula is C17H25NO. The van der Waals surface area contributed by atoms with Crippen LogP contribution in [0.5, 0.6) is 5.75 Å². The van der Waals surface area contributed by atoms with Crippen LogP contribution in [0.25, 0.3) is 0 Å². The maximum absolute atomic E-state index is 9.77. The Kier molecular flexibility index (Phi) is 3.79. The van der Waals surface area contributed by atoms with Gasteiger partial charge in [-0.1, -0.05) is 19.4 Å². The summed E-state index contributed by atoms with van der Waals surface area (Å²) in [4.78, 5) is 2.71. The van der Waals surface area contributed by atoms with Gasteiger partial charge in [-0.25, -0.2) is 0 Å². The Balaban J connectivity index is 1.84. The summed E-state index contributed by atoms with van der Waals surface area (Å²) in [5.41, 5.74) is 2.90. The SMILES string of the molecule is CCCCN1CCC[C@@H]2c3cc(O)ccc3CC[C@H]21. The van der Waals surface area contributed by atoms with Gasteiger partial charge >= 0.3 is 0 Å². The molecule has 0 spiro atoms. The Bertz CT molecular complexity index is 443. The number of unbranched alkanes of at least 4 members (excludes halogenated alkanes) is 1. The number of likely N-dealkylation sites (tertiary alicyclic amines) is 1. The molecule has 1 N–H and O–H groups in total. The smallest absolute Gasteiger partial charge is 0.115 e. The number of hydrogen-bond donors (Lipinski definition) is 1. The minimum atomic E-state index is 0.435. The lowest BCUT2D eigenvalue weighted by Gasteiger charge is -2.45. The molecular weight excluding hydrogens is 234 g/mol. The van der Waals surface area contributed by atoms with Gasteiger partial charge in [-0.3, -0.25) is 4.90 Å². The highest BCUT2D eigenvalue weighted by atomic mass is 16.3. The maximum Gasteiger partial charge on any atom is 0.115 e. The van der Waals surface area contributed by atoms with Crippen molar-refractivity contribution in [1.29, 1.82) is 0 Å². The van der Waals surface area contributed by atoms with Crippen LogP contribution in [0, 0.1) is 0 Å². The van der Waals surface area contributed by atoms with Gasteiger partial charge in [0.15, 0.2) is 0 Å². The highest BCUT2D eigenvalue weighted by Crippen LogP contribution is 2.41. The van der Waals surface area contributed by atoms with E-state index in [1.165, 1.54) is 62.7 Å². The van der Waals surface area contributed by atoms with E-state index in [1.54, 1.807) is 0 Å². The van der Waals surface area contributed by atoms with E-state index in [0.29, 0.717) is 11.7 Å². The van der Waals surface area contributed by atoms with Crippen LogP contribution in [0.4, 0.5) is 0 Å². The van der Waals surface area contributed by atoms with Crippen LogP contribution in [0.3, 0.4) is 0 Å². The summed E-state index contributed by atoms with van der Waals surface area (Å²) in [7, 11) is 0. The molecule has 1 aliphatic heterocycles. The zero-order valence-corrected chi connectivity index (χ0v) is 11.9. The Morgan fingerprint density at radius 3 is 3.05 bits per heavy atom. The molecule has 1 fully saturated rings. The summed E-state index contributed by atoms with van der Waals surface area (Å²) in [6.07, 6.45) is 7.68. The van der Waals surface area contributed by atoms with Crippen LogP contribution in [-0.2, 0) is 6.42 Å². The Morgan fingerprint density at radius 1 is 1.32 bits per heavy atom. The molecule has 1 aromatic carbocycles. The van der Waals surface area contributed by atoms with Crippen molar-refractivity contribution in [1.82, 2.24) is 4.90 Å². The van der Waals surface area contributed by atoms with Crippen LogP contribution >= 0.6 is 0 Å². The predicted octanol–water partition coefficient (Wildman–Crippen LogP) is 3.69. The standard InChI is InChI=1S/C17H25NO/c1-2-3-10-18-11-4-5-15-16-12-14(19)8-6-13(16)7-9-17(15)18/h6,8,12,15,17,19H,2-5,7,9-11H2,1H3/t15-,17-/m1/s1. The first-order valence-corrected chi connectivity index (χ1v) is 7.85. The number of fused-ring (bicyclic) bond motifs is 3. The van der Waals surface area contributed by atoms with Gasteiger partial charge < -0.3 is 5.11 Å². The summed E-state index contributed by atoms with van der Waals surface area (Å²) in [5, 5.41) is 9.77. The molecule has 104 valence electrons. The third-order valence-electron chi connectivity index (χ3n) is 4.93. The van der Waals surface area contributed by atoms with Crippen molar-refractivity contribution < 1.29 is 5.11 Å². The van der Waals surface area contributed by atoms with Gasteiger partial charge in [0.05, 0.1) is 0 Å². The molecule has 0 radical (unpaired) electrons. The van der Waals surface area contributed by atoms with E-state index >= 15 is 0 Å². The maximum atomic E-state index is 9.77. The fourth-order valence-corrected chi connectivity index (χ4v) is 3.97. The summed E-state index contributed by atoms with van der Waals surface area (Å²) >= 11 is 0. The van der Waals surface area contributed by atoms with E-state index in [0.717, 1.165) is 6.04 Å². The molecule has 1 heterocycles. The Hall–Kier alpha value is -1.02. The van der Waals surface area contributed by atoms with E-state index in [9.17, 15) is 5.11 Å². The number of phenols is 1. The number of piperidine rings is 1. The van der Waals surface area contributed by atoms with Gasteiger partial charge in [0.1, 0.15) is 5.75 Å². The van der Waals surface area contributed by atoms with Crippen LogP contribution in [-0.4, -0.2) is 29.1 Å². The Labute approximate surface area is 116 Å². The predicted molar refractivity (Wildman–Crippen MR) is 78.7 cm³/mol. The number of hydrogen-bond acceptors (Lipinski definition) is 2. The first-order chi connectivity index (χ1) is 9.29. The van der Waals surface area contributed by atoms with E-state index in [-0.39, 0.29) is 0 Å². The lowest BCUT2D eigenvalue weighted by atomic mass is 9.74. The van der Waals surface area contributed by atoms with Crippen molar-refractivity contribution in [3.8, 4) is 5.75 Å². The fourth-order valence-electron chi connectivity index (χ4n) is 3.97.